The number of rotatable bonds is 3. The van der Waals surface area contributed by atoms with E-state index in [1.165, 1.54) is 16.7 Å². The lowest BCUT2D eigenvalue weighted by molar-refractivity contribution is 0.431. The summed E-state index contributed by atoms with van der Waals surface area (Å²) in [6.45, 7) is 4.42. The van der Waals surface area contributed by atoms with Crippen LogP contribution >= 0.6 is 15.9 Å². The fraction of sp³-hybridized carbons (Fsp3) is 0.300. The van der Waals surface area contributed by atoms with Gasteiger partial charge in [-0.05, 0) is 41.2 Å². The molecule has 5 nitrogen and oxygen atoms in total. The van der Waals surface area contributed by atoms with Crippen LogP contribution in [0.5, 0.6) is 0 Å². The fourth-order valence-corrected chi connectivity index (χ4v) is 3.75. The van der Waals surface area contributed by atoms with Gasteiger partial charge in [-0.25, -0.2) is 4.68 Å². The second kappa shape index (κ2) is 6.76. The largest absolute Gasteiger partial charge is 0.366 e. The Bertz CT molecular complexity index is 899. The van der Waals surface area contributed by atoms with Gasteiger partial charge in [-0.1, -0.05) is 66.2 Å². The predicted octanol–water partition coefficient (Wildman–Crippen LogP) is 4.89. The monoisotopic (exact) mass is 411 g/mol. The van der Waals surface area contributed by atoms with Gasteiger partial charge < -0.3 is 11.1 Å². The summed E-state index contributed by atoms with van der Waals surface area (Å²) in [5.41, 5.74) is 9.67. The third-order valence-corrected chi connectivity index (χ3v) is 5.49. The summed E-state index contributed by atoms with van der Waals surface area (Å²) in [5.74, 6) is 1.54. The van der Waals surface area contributed by atoms with Crippen LogP contribution in [-0.4, -0.2) is 14.8 Å². The van der Waals surface area contributed by atoms with E-state index in [9.17, 15) is 0 Å². The van der Waals surface area contributed by atoms with Crippen molar-refractivity contribution < 1.29 is 0 Å². The number of fused-ring (bicyclic) bond motifs is 1. The van der Waals surface area contributed by atoms with Gasteiger partial charge in [0.1, 0.15) is 0 Å². The molecule has 1 aromatic heterocycles. The molecule has 2 aromatic carbocycles. The van der Waals surface area contributed by atoms with Crippen molar-refractivity contribution in [3.05, 3.63) is 69.7 Å². The minimum absolute atomic E-state index is 0.103. The van der Waals surface area contributed by atoms with Gasteiger partial charge in [0, 0.05) is 4.47 Å². The molecule has 6 heteroatoms. The van der Waals surface area contributed by atoms with Gasteiger partial charge in [0.05, 0.1) is 12.1 Å². The summed E-state index contributed by atoms with van der Waals surface area (Å²) in [6.07, 6.45) is 0.887. The normalized spacial score (nSPS) is 19.2. The SMILES string of the molecule is CC(C)c1ccc([C@@H]2C[C@H](c3ccc(Br)cc3)Nc3nc(N)nn32)cc1. The van der Waals surface area contributed by atoms with Crippen LogP contribution in [-0.2, 0) is 0 Å². The smallest absolute Gasteiger partial charge is 0.241 e. The molecular weight excluding hydrogens is 390 g/mol. The number of benzene rings is 2. The summed E-state index contributed by atoms with van der Waals surface area (Å²) in [4.78, 5) is 4.38. The average Bonchev–Trinajstić information content (AvgIpc) is 3.01. The molecule has 3 N–H and O–H groups in total. The van der Waals surface area contributed by atoms with Crippen molar-refractivity contribution >= 4 is 27.8 Å². The van der Waals surface area contributed by atoms with Gasteiger partial charge in [-0.2, -0.15) is 4.98 Å². The third-order valence-electron chi connectivity index (χ3n) is 4.97. The number of halogens is 1. The molecule has 1 aliphatic rings. The second-order valence-corrected chi connectivity index (χ2v) is 7.98. The van der Waals surface area contributed by atoms with Crippen LogP contribution in [0.15, 0.2) is 53.0 Å². The van der Waals surface area contributed by atoms with E-state index in [2.05, 4.69) is 93.7 Å². The van der Waals surface area contributed by atoms with E-state index in [1.807, 2.05) is 4.68 Å². The maximum atomic E-state index is 5.88. The van der Waals surface area contributed by atoms with E-state index in [1.54, 1.807) is 0 Å². The van der Waals surface area contributed by atoms with Crippen LogP contribution < -0.4 is 11.1 Å². The Hall–Kier alpha value is -2.34. The van der Waals surface area contributed by atoms with Crippen LogP contribution in [0, 0.1) is 0 Å². The number of nitrogens with one attached hydrogen (secondary N) is 1. The highest BCUT2D eigenvalue weighted by molar-refractivity contribution is 9.10. The quantitative estimate of drug-likeness (QED) is 0.643. The molecule has 0 unspecified atom stereocenters. The van der Waals surface area contributed by atoms with E-state index in [4.69, 9.17) is 5.73 Å². The zero-order valence-electron chi connectivity index (χ0n) is 14.9. The molecule has 0 radical (unpaired) electrons. The first-order valence-electron chi connectivity index (χ1n) is 8.85. The van der Waals surface area contributed by atoms with E-state index in [0.29, 0.717) is 11.9 Å². The number of aromatic nitrogens is 3. The van der Waals surface area contributed by atoms with Crippen LogP contribution in [0.2, 0.25) is 0 Å². The number of nitrogens with two attached hydrogens (primary N) is 1. The fourth-order valence-electron chi connectivity index (χ4n) is 3.49. The highest BCUT2D eigenvalue weighted by atomic mass is 79.9. The first kappa shape index (κ1) is 17.1. The minimum atomic E-state index is 0.103. The zero-order valence-corrected chi connectivity index (χ0v) is 16.4. The Labute approximate surface area is 161 Å². The topological polar surface area (TPSA) is 68.8 Å². The molecule has 0 amide bonds. The van der Waals surface area contributed by atoms with Gasteiger partial charge in [0.15, 0.2) is 0 Å². The van der Waals surface area contributed by atoms with E-state index >= 15 is 0 Å². The van der Waals surface area contributed by atoms with E-state index in [0.717, 1.165) is 16.8 Å². The maximum Gasteiger partial charge on any atom is 0.241 e. The summed E-state index contributed by atoms with van der Waals surface area (Å²) in [6, 6.07) is 17.5. The molecule has 26 heavy (non-hydrogen) atoms. The summed E-state index contributed by atoms with van der Waals surface area (Å²) >= 11 is 3.50. The van der Waals surface area contributed by atoms with Crippen LogP contribution in [0.3, 0.4) is 0 Å². The van der Waals surface area contributed by atoms with Gasteiger partial charge in [-0.3, -0.25) is 0 Å². The molecule has 3 aromatic rings. The molecule has 4 rings (SSSR count). The van der Waals surface area contributed by atoms with Crippen molar-refractivity contribution in [1.82, 2.24) is 14.8 Å². The van der Waals surface area contributed by atoms with Gasteiger partial charge >= 0.3 is 0 Å². The van der Waals surface area contributed by atoms with E-state index in [-0.39, 0.29) is 12.1 Å². The first-order chi connectivity index (χ1) is 12.5. The molecule has 0 aliphatic carbocycles. The summed E-state index contributed by atoms with van der Waals surface area (Å²) in [7, 11) is 0. The molecule has 0 saturated heterocycles. The van der Waals surface area contributed by atoms with Crippen molar-refractivity contribution in [2.24, 2.45) is 0 Å². The Kier molecular flexibility index (Phi) is 4.44. The highest BCUT2D eigenvalue weighted by Gasteiger charge is 2.30. The molecule has 0 spiro atoms. The van der Waals surface area contributed by atoms with Gasteiger partial charge in [0.25, 0.3) is 0 Å². The molecule has 0 fully saturated rings. The number of hydrogen-bond donors (Lipinski definition) is 2. The Balaban J connectivity index is 1.71. The number of nitrogens with zero attached hydrogens (tertiary/aromatic N) is 3. The molecule has 1 aliphatic heterocycles. The molecule has 2 heterocycles. The number of nitrogen functional groups attached to an aromatic ring is 1. The average molecular weight is 412 g/mol. The van der Waals surface area contributed by atoms with Gasteiger partial charge in [0.2, 0.25) is 11.9 Å². The number of hydrogen-bond acceptors (Lipinski definition) is 4. The van der Waals surface area contributed by atoms with Crippen LogP contribution in [0.4, 0.5) is 11.9 Å². The first-order valence-corrected chi connectivity index (χ1v) is 9.64. The molecule has 0 saturated carbocycles. The Morgan fingerprint density at radius 1 is 1.08 bits per heavy atom. The standard InChI is InChI=1S/C20H22BrN5/c1-12(2)13-3-5-15(6-4-13)18-11-17(14-7-9-16(21)10-8-14)23-20-24-19(22)25-26(18)20/h3-10,12,17-18H,11H2,1-2H3,(H3,22,23,24,25)/t17-,18+/m1/s1. The summed E-state index contributed by atoms with van der Waals surface area (Å²) < 4.78 is 2.99. The van der Waals surface area contributed by atoms with Crippen molar-refractivity contribution in [2.75, 3.05) is 11.1 Å². The van der Waals surface area contributed by atoms with E-state index < -0.39 is 0 Å². The molecule has 2 atom stereocenters. The third kappa shape index (κ3) is 3.21. The lowest BCUT2D eigenvalue weighted by atomic mass is 9.92. The van der Waals surface area contributed by atoms with Crippen molar-refractivity contribution in [1.29, 1.82) is 0 Å². The predicted molar refractivity (Wildman–Crippen MR) is 108 cm³/mol. The lowest BCUT2D eigenvalue weighted by Gasteiger charge is -2.31. The zero-order chi connectivity index (χ0) is 18.3. The lowest BCUT2D eigenvalue weighted by Crippen LogP contribution is -2.28. The summed E-state index contributed by atoms with van der Waals surface area (Å²) in [5, 5.41) is 7.90. The Morgan fingerprint density at radius 2 is 1.73 bits per heavy atom. The molecule has 134 valence electrons. The van der Waals surface area contributed by atoms with Crippen LogP contribution in [0.25, 0.3) is 0 Å². The Morgan fingerprint density at radius 3 is 2.38 bits per heavy atom. The number of anilines is 2. The van der Waals surface area contributed by atoms with Gasteiger partial charge in [-0.15, -0.1) is 5.10 Å². The maximum absolute atomic E-state index is 5.88. The van der Waals surface area contributed by atoms with Crippen molar-refractivity contribution in [2.45, 2.75) is 38.3 Å². The van der Waals surface area contributed by atoms with Crippen LogP contribution in [0.1, 0.15) is 55.0 Å². The minimum Gasteiger partial charge on any atom is -0.366 e. The second-order valence-electron chi connectivity index (χ2n) is 7.06. The van der Waals surface area contributed by atoms with Crippen molar-refractivity contribution in [3.8, 4) is 0 Å². The molecule has 0 bridgehead atoms. The van der Waals surface area contributed by atoms with Crippen molar-refractivity contribution in [3.63, 3.8) is 0 Å². The highest BCUT2D eigenvalue weighted by Crippen LogP contribution is 2.38. The molecular formula is C20H22BrN5.